The summed E-state index contributed by atoms with van der Waals surface area (Å²) in [4.78, 5) is 15.3. The van der Waals surface area contributed by atoms with Crippen LogP contribution in [-0.4, -0.2) is 66.8 Å². The number of piperazine rings is 1. The molecule has 0 bridgehead atoms. The van der Waals surface area contributed by atoms with E-state index in [-0.39, 0.29) is 25.1 Å². The minimum Gasteiger partial charge on any atom is -1.00 e. The zero-order valence-corrected chi connectivity index (χ0v) is 17.1. The fourth-order valence-corrected chi connectivity index (χ4v) is 3.62. The number of benzene rings is 2. The van der Waals surface area contributed by atoms with Gasteiger partial charge < -0.3 is 22.3 Å². The Morgan fingerprint density at radius 1 is 1.00 bits per heavy atom. The average molecular weight is 424 g/mol. The van der Waals surface area contributed by atoms with Crippen LogP contribution in [0.2, 0.25) is 5.02 Å². The number of carboxylic acid groups (broad SMARTS) is 1. The highest BCUT2D eigenvalue weighted by Crippen LogP contribution is 2.30. The second-order valence-electron chi connectivity index (χ2n) is 6.69. The summed E-state index contributed by atoms with van der Waals surface area (Å²) in [6, 6.07) is 18.8. The first-order chi connectivity index (χ1) is 13.1. The van der Waals surface area contributed by atoms with Gasteiger partial charge in [0.2, 0.25) is 0 Å². The van der Waals surface area contributed by atoms with Crippen molar-refractivity contribution in [3.8, 4) is 0 Å². The molecule has 1 saturated heterocycles. The Hall–Kier alpha value is -1.63. The third-order valence-corrected chi connectivity index (χ3v) is 5.10. The van der Waals surface area contributed by atoms with Crippen molar-refractivity contribution < 1.29 is 27.0 Å². The van der Waals surface area contributed by atoms with Crippen molar-refractivity contribution in [1.82, 2.24) is 9.80 Å². The van der Waals surface area contributed by atoms with Gasteiger partial charge in [-0.3, -0.25) is 9.80 Å². The van der Waals surface area contributed by atoms with Crippen molar-refractivity contribution in [2.45, 2.75) is 6.04 Å². The van der Waals surface area contributed by atoms with Gasteiger partial charge in [0.25, 0.3) is 0 Å². The zero-order chi connectivity index (χ0) is 19.1. The zero-order valence-electron chi connectivity index (χ0n) is 15.6. The minimum absolute atomic E-state index is 0. The molecule has 3 rings (SSSR count). The molecule has 0 aromatic heterocycles. The lowest BCUT2D eigenvalue weighted by atomic mass is 9.96. The molecule has 0 amide bonds. The highest BCUT2D eigenvalue weighted by molar-refractivity contribution is 6.30. The van der Waals surface area contributed by atoms with E-state index in [0.29, 0.717) is 6.61 Å². The molecule has 0 saturated carbocycles. The summed E-state index contributed by atoms with van der Waals surface area (Å²) in [5.41, 5.74) is 2.52. The molecule has 0 radical (unpaired) electrons. The monoisotopic (exact) mass is 423 g/mol. The molecule has 7 heteroatoms. The van der Waals surface area contributed by atoms with E-state index in [0.717, 1.165) is 37.7 Å². The number of hydrogen-bond donors (Lipinski definition) is 1. The second-order valence-corrected chi connectivity index (χ2v) is 7.13. The molecule has 1 heterocycles. The molecule has 1 aliphatic heterocycles. The van der Waals surface area contributed by atoms with E-state index in [1.54, 1.807) is 0 Å². The molecule has 152 valence electrons. The Labute approximate surface area is 177 Å². The number of carbonyl (C=O) groups is 1. The van der Waals surface area contributed by atoms with E-state index in [2.05, 4.69) is 46.2 Å². The lowest BCUT2D eigenvalue weighted by molar-refractivity contribution is -0.142. The molecule has 1 N–H and O–H groups in total. The predicted molar refractivity (Wildman–Crippen MR) is 106 cm³/mol. The SMILES string of the molecule is O=C(O)COCCN1CCN(C(c2ccccc2)c2ccc(Cl)cc2)CC1.[Cl-]. The topological polar surface area (TPSA) is 53.0 Å². The molecule has 2 aromatic carbocycles. The number of nitrogens with zero attached hydrogens (tertiary/aromatic N) is 2. The van der Waals surface area contributed by atoms with Crippen molar-refractivity contribution in [2.75, 3.05) is 45.9 Å². The lowest BCUT2D eigenvalue weighted by Gasteiger charge is -2.39. The normalized spacial score (nSPS) is 16.3. The van der Waals surface area contributed by atoms with E-state index in [1.807, 2.05) is 18.2 Å². The van der Waals surface area contributed by atoms with Crippen LogP contribution in [0.4, 0.5) is 0 Å². The Morgan fingerprint density at radius 3 is 2.21 bits per heavy atom. The van der Waals surface area contributed by atoms with Crippen LogP contribution in [0.25, 0.3) is 0 Å². The maximum Gasteiger partial charge on any atom is 0.329 e. The summed E-state index contributed by atoms with van der Waals surface area (Å²) in [7, 11) is 0. The summed E-state index contributed by atoms with van der Waals surface area (Å²) in [6.45, 7) is 4.75. The Bertz CT molecular complexity index is 720. The highest BCUT2D eigenvalue weighted by atomic mass is 35.5. The van der Waals surface area contributed by atoms with Gasteiger partial charge in [0.15, 0.2) is 0 Å². The van der Waals surface area contributed by atoms with Crippen LogP contribution in [0, 0.1) is 0 Å². The number of rotatable bonds is 8. The predicted octanol–water partition coefficient (Wildman–Crippen LogP) is 0.152. The van der Waals surface area contributed by atoms with Crippen LogP contribution in [0.15, 0.2) is 54.6 Å². The fourth-order valence-electron chi connectivity index (χ4n) is 3.49. The van der Waals surface area contributed by atoms with Crippen molar-refractivity contribution >= 4 is 17.6 Å². The number of ether oxygens (including phenoxy) is 1. The van der Waals surface area contributed by atoms with E-state index in [9.17, 15) is 4.79 Å². The van der Waals surface area contributed by atoms with E-state index < -0.39 is 5.97 Å². The Kier molecular flexibility index (Phi) is 9.22. The maximum absolute atomic E-state index is 10.5. The van der Waals surface area contributed by atoms with E-state index in [4.69, 9.17) is 21.4 Å². The maximum atomic E-state index is 10.5. The quantitative estimate of drug-likeness (QED) is 0.612. The first-order valence-electron chi connectivity index (χ1n) is 9.20. The van der Waals surface area contributed by atoms with Gasteiger partial charge in [-0.25, -0.2) is 4.79 Å². The molecule has 1 unspecified atom stereocenters. The molecule has 28 heavy (non-hydrogen) atoms. The first-order valence-corrected chi connectivity index (χ1v) is 9.57. The average Bonchev–Trinajstić information content (AvgIpc) is 2.69. The Morgan fingerprint density at radius 2 is 1.61 bits per heavy atom. The lowest BCUT2D eigenvalue weighted by Crippen LogP contribution is -3.00. The van der Waals surface area contributed by atoms with Crippen LogP contribution >= 0.6 is 11.6 Å². The molecule has 1 fully saturated rings. The van der Waals surface area contributed by atoms with Crippen LogP contribution in [0.1, 0.15) is 17.2 Å². The molecule has 0 aliphatic carbocycles. The second kappa shape index (κ2) is 11.4. The largest absolute Gasteiger partial charge is 1.00 e. The Balaban J connectivity index is 0.00000280. The number of halogens is 2. The van der Waals surface area contributed by atoms with Crippen molar-refractivity contribution in [3.05, 3.63) is 70.7 Å². The van der Waals surface area contributed by atoms with Gasteiger partial charge in [0.05, 0.1) is 12.6 Å². The van der Waals surface area contributed by atoms with Gasteiger partial charge in [-0.15, -0.1) is 0 Å². The van der Waals surface area contributed by atoms with Crippen LogP contribution in [0.5, 0.6) is 0 Å². The smallest absolute Gasteiger partial charge is 0.329 e. The summed E-state index contributed by atoms with van der Waals surface area (Å²) >= 11 is 6.08. The molecule has 0 spiro atoms. The van der Waals surface area contributed by atoms with Crippen LogP contribution < -0.4 is 12.4 Å². The summed E-state index contributed by atoms with van der Waals surface area (Å²) in [5.74, 6) is -0.923. The van der Waals surface area contributed by atoms with Crippen molar-refractivity contribution in [3.63, 3.8) is 0 Å². The fraction of sp³-hybridized carbons (Fsp3) is 0.381. The molecule has 1 aliphatic rings. The molecule has 2 aromatic rings. The van der Waals surface area contributed by atoms with Crippen LogP contribution in [-0.2, 0) is 9.53 Å². The van der Waals surface area contributed by atoms with Gasteiger partial charge in [-0.05, 0) is 23.3 Å². The van der Waals surface area contributed by atoms with Gasteiger partial charge in [0.1, 0.15) is 6.61 Å². The number of hydrogen-bond acceptors (Lipinski definition) is 4. The highest BCUT2D eigenvalue weighted by Gasteiger charge is 2.26. The van der Waals surface area contributed by atoms with Gasteiger partial charge in [-0.1, -0.05) is 54.1 Å². The molecular formula is C21H25Cl2N2O3-. The molecule has 5 nitrogen and oxygen atoms in total. The third-order valence-electron chi connectivity index (χ3n) is 4.85. The van der Waals surface area contributed by atoms with Crippen molar-refractivity contribution in [2.24, 2.45) is 0 Å². The van der Waals surface area contributed by atoms with Crippen molar-refractivity contribution in [1.29, 1.82) is 0 Å². The molecular weight excluding hydrogens is 399 g/mol. The molecule has 1 atom stereocenters. The standard InChI is InChI=1S/C21H25ClN2O3.ClH/c22-19-8-6-18(7-9-19)21(17-4-2-1-3-5-17)24-12-10-23(11-13-24)14-15-27-16-20(25)26;/h1-9,21H,10-16H2,(H,25,26);1H/p-1. The minimum atomic E-state index is -0.923. The third kappa shape index (κ3) is 6.47. The first kappa shape index (κ1) is 22.7. The summed E-state index contributed by atoms with van der Waals surface area (Å²) in [5, 5.41) is 9.37. The van der Waals surface area contributed by atoms with Gasteiger partial charge in [0, 0.05) is 37.7 Å². The summed E-state index contributed by atoms with van der Waals surface area (Å²) in [6.07, 6.45) is 0. The summed E-state index contributed by atoms with van der Waals surface area (Å²) < 4.78 is 5.15. The van der Waals surface area contributed by atoms with E-state index >= 15 is 0 Å². The van der Waals surface area contributed by atoms with Gasteiger partial charge in [-0.2, -0.15) is 0 Å². The number of aliphatic carboxylic acids is 1. The van der Waals surface area contributed by atoms with E-state index in [1.165, 1.54) is 11.1 Å². The van der Waals surface area contributed by atoms with Crippen LogP contribution in [0.3, 0.4) is 0 Å². The van der Waals surface area contributed by atoms with Gasteiger partial charge >= 0.3 is 5.97 Å². The number of carboxylic acids is 1.